The summed E-state index contributed by atoms with van der Waals surface area (Å²) in [5.74, 6) is -0.948. The molecule has 98 valence electrons. The highest BCUT2D eigenvalue weighted by atomic mass is 16.4. The Hall–Kier alpha value is -1.75. The van der Waals surface area contributed by atoms with Gasteiger partial charge in [0.15, 0.2) is 0 Å². The summed E-state index contributed by atoms with van der Waals surface area (Å²) in [7, 11) is 4.11. The van der Waals surface area contributed by atoms with Crippen LogP contribution in [0, 0.1) is 0 Å². The molecule has 2 rings (SSSR count). The van der Waals surface area contributed by atoms with Crippen molar-refractivity contribution in [2.45, 2.75) is 12.5 Å². The number of hydrogen-bond acceptors (Lipinski definition) is 4. The normalized spacial score (nSPS) is 20.0. The molecule has 1 fully saturated rings. The van der Waals surface area contributed by atoms with E-state index in [1.54, 1.807) is 12.1 Å². The van der Waals surface area contributed by atoms with E-state index < -0.39 is 5.97 Å². The highest BCUT2D eigenvalue weighted by Crippen LogP contribution is 2.27. The first-order chi connectivity index (χ1) is 8.49. The standard InChI is InChI=1S/C13H19N3O2/c1-15-6-5-10(8-15)16(2)12-4-3-9(13(17)18)7-11(12)14/h3-4,7,10H,5-6,8,14H2,1-2H3,(H,17,18). The van der Waals surface area contributed by atoms with Gasteiger partial charge < -0.3 is 20.6 Å². The van der Waals surface area contributed by atoms with Crippen molar-refractivity contribution in [1.29, 1.82) is 0 Å². The first-order valence-corrected chi connectivity index (χ1v) is 6.03. The van der Waals surface area contributed by atoms with Crippen LogP contribution in [-0.2, 0) is 0 Å². The van der Waals surface area contributed by atoms with Gasteiger partial charge in [-0.25, -0.2) is 4.79 Å². The van der Waals surface area contributed by atoms with Gasteiger partial charge >= 0.3 is 5.97 Å². The molecule has 1 heterocycles. The van der Waals surface area contributed by atoms with Gasteiger partial charge in [0, 0.05) is 19.6 Å². The Kier molecular flexibility index (Phi) is 3.43. The number of likely N-dealkylation sites (N-methyl/N-ethyl adjacent to an activating group) is 2. The van der Waals surface area contributed by atoms with Gasteiger partial charge in [0.1, 0.15) is 0 Å². The number of carbonyl (C=O) groups is 1. The molecule has 1 aliphatic rings. The van der Waals surface area contributed by atoms with Crippen molar-refractivity contribution in [2.24, 2.45) is 0 Å². The van der Waals surface area contributed by atoms with E-state index in [1.165, 1.54) is 6.07 Å². The van der Waals surface area contributed by atoms with Crippen LogP contribution in [0.5, 0.6) is 0 Å². The van der Waals surface area contributed by atoms with E-state index in [0.29, 0.717) is 11.7 Å². The molecule has 1 atom stereocenters. The minimum absolute atomic E-state index is 0.230. The Morgan fingerprint density at radius 3 is 2.78 bits per heavy atom. The van der Waals surface area contributed by atoms with Crippen LogP contribution in [0.3, 0.4) is 0 Å². The van der Waals surface area contributed by atoms with Gasteiger partial charge in [0.25, 0.3) is 0 Å². The molecule has 0 saturated carbocycles. The molecule has 3 N–H and O–H groups in total. The van der Waals surface area contributed by atoms with E-state index in [1.807, 2.05) is 7.05 Å². The van der Waals surface area contributed by atoms with Crippen molar-refractivity contribution in [3.05, 3.63) is 23.8 Å². The average molecular weight is 249 g/mol. The predicted octanol–water partition coefficient (Wildman–Crippen LogP) is 1.11. The Morgan fingerprint density at radius 1 is 1.56 bits per heavy atom. The number of hydrogen-bond donors (Lipinski definition) is 2. The van der Waals surface area contributed by atoms with Crippen LogP contribution in [0.4, 0.5) is 11.4 Å². The van der Waals surface area contributed by atoms with Gasteiger partial charge in [-0.2, -0.15) is 0 Å². The summed E-state index contributed by atoms with van der Waals surface area (Å²) in [6.45, 7) is 2.10. The third-order valence-electron chi connectivity index (χ3n) is 3.57. The smallest absolute Gasteiger partial charge is 0.335 e. The van der Waals surface area contributed by atoms with Crippen LogP contribution in [-0.4, -0.2) is 49.2 Å². The Morgan fingerprint density at radius 2 is 2.28 bits per heavy atom. The van der Waals surface area contributed by atoms with E-state index in [2.05, 4.69) is 16.8 Å². The van der Waals surface area contributed by atoms with E-state index in [4.69, 9.17) is 10.8 Å². The van der Waals surface area contributed by atoms with E-state index in [-0.39, 0.29) is 5.56 Å². The van der Waals surface area contributed by atoms with Gasteiger partial charge in [0.05, 0.1) is 16.9 Å². The van der Waals surface area contributed by atoms with E-state index in [0.717, 1.165) is 25.2 Å². The third-order valence-corrected chi connectivity index (χ3v) is 3.57. The van der Waals surface area contributed by atoms with Crippen LogP contribution < -0.4 is 10.6 Å². The van der Waals surface area contributed by atoms with Gasteiger partial charge in [-0.1, -0.05) is 0 Å². The van der Waals surface area contributed by atoms with E-state index >= 15 is 0 Å². The Balaban J connectivity index is 2.20. The number of rotatable bonds is 3. The SMILES string of the molecule is CN1CCC(N(C)c2ccc(C(=O)O)cc2N)C1. The summed E-state index contributed by atoms with van der Waals surface area (Å²) in [4.78, 5) is 15.3. The van der Waals surface area contributed by atoms with Crippen molar-refractivity contribution in [3.63, 3.8) is 0 Å². The number of nitrogen functional groups attached to an aromatic ring is 1. The molecule has 5 nitrogen and oxygen atoms in total. The molecule has 1 aromatic carbocycles. The topological polar surface area (TPSA) is 69.8 Å². The van der Waals surface area contributed by atoms with Crippen LogP contribution in [0.2, 0.25) is 0 Å². The van der Waals surface area contributed by atoms with Gasteiger partial charge in [-0.3, -0.25) is 0 Å². The number of carboxylic acid groups (broad SMARTS) is 1. The maximum Gasteiger partial charge on any atom is 0.335 e. The number of anilines is 2. The number of aromatic carboxylic acids is 1. The largest absolute Gasteiger partial charge is 0.478 e. The second kappa shape index (κ2) is 4.86. The summed E-state index contributed by atoms with van der Waals surface area (Å²) in [5, 5.41) is 8.91. The molecule has 1 unspecified atom stereocenters. The summed E-state index contributed by atoms with van der Waals surface area (Å²) in [6.07, 6.45) is 1.10. The molecule has 5 heteroatoms. The lowest BCUT2D eigenvalue weighted by Crippen LogP contribution is -2.34. The molecule has 0 spiro atoms. The van der Waals surface area contributed by atoms with Gasteiger partial charge in [-0.15, -0.1) is 0 Å². The molecule has 18 heavy (non-hydrogen) atoms. The molecule has 1 saturated heterocycles. The lowest BCUT2D eigenvalue weighted by atomic mass is 10.1. The van der Waals surface area contributed by atoms with Gasteiger partial charge in [-0.05, 0) is 38.2 Å². The monoisotopic (exact) mass is 249 g/mol. The minimum Gasteiger partial charge on any atom is -0.478 e. The first kappa shape index (κ1) is 12.7. The van der Waals surface area contributed by atoms with Crippen molar-refractivity contribution < 1.29 is 9.90 Å². The number of likely N-dealkylation sites (tertiary alicyclic amines) is 1. The molecule has 0 amide bonds. The van der Waals surface area contributed by atoms with Crippen molar-refractivity contribution in [1.82, 2.24) is 4.90 Å². The second-order valence-electron chi connectivity index (χ2n) is 4.89. The second-order valence-corrected chi connectivity index (χ2v) is 4.89. The van der Waals surface area contributed by atoms with Crippen LogP contribution >= 0.6 is 0 Å². The molecule has 0 radical (unpaired) electrons. The summed E-state index contributed by atoms with van der Waals surface area (Å²) in [5.41, 5.74) is 7.60. The number of nitrogens with zero attached hydrogens (tertiary/aromatic N) is 2. The van der Waals surface area contributed by atoms with Crippen molar-refractivity contribution >= 4 is 17.3 Å². The maximum absolute atomic E-state index is 10.9. The zero-order chi connectivity index (χ0) is 13.3. The molecule has 0 aromatic heterocycles. The minimum atomic E-state index is -0.948. The predicted molar refractivity (Wildman–Crippen MR) is 72.1 cm³/mol. The number of carboxylic acids is 1. The first-order valence-electron chi connectivity index (χ1n) is 6.03. The molecular weight excluding hydrogens is 230 g/mol. The zero-order valence-corrected chi connectivity index (χ0v) is 10.8. The fourth-order valence-electron chi connectivity index (χ4n) is 2.43. The van der Waals surface area contributed by atoms with Crippen molar-refractivity contribution in [3.8, 4) is 0 Å². The lowest BCUT2D eigenvalue weighted by molar-refractivity contribution is 0.0697. The Labute approximate surface area is 107 Å². The quantitative estimate of drug-likeness (QED) is 0.785. The highest BCUT2D eigenvalue weighted by Gasteiger charge is 2.24. The van der Waals surface area contributed by atoms with Gasteiger partial charge in [0.2, 0.25) is 0 Å². The fraction of sp³-hybridized carbons (Fsp3) is 0.462. The Bertz CT molecular complexity index is 462. The van der Waals surface area contributed by atoms with Crippen LogP contribution in [0.15, 0.2) is 18.2 Å². The summed E-state index contributed by atoms with van der Waals surface area (Å²) in [6, 6.07) is 5.35. The highest BCUT2D eigenvalue weighted by molar-refractivity contribution is 5.90. The molecule has 0 aliphatic carbocycles. The molecular formula is C13H19N3O2. The van der Waals surface area contributed by atoms with Crippen LogP contribution in [0.25, 0.3) is 0 Å². The summed E-state index contributed by atoms with van der Waals surface area (Å²) < 4.78 is 0. The number of nitrogens with two attached hydrogens (primary N) is 1. The zero-order valence-electron chi connectivity index (χ0n) is 10.8. The van der Waals surface area contributed by atoms with E-state index in [9.17, 15) is 4.79 Å². The number of benzene rings is 1. The molecule has 1 aliphatic heterocycles. The van der Waals surface area contributed by atoms with Crippen molar-refractivity contribution in [2.75, 3.05) is 37.8 Å². The maximum atomic E-state index is 10.9. The molecule has 0 bridgehead atoms. The average Bonchev–Trinajstić information content (AvgIpc) is 2.74. The lowest BCUT2D eigenvalue weighted by Gasteiger charge is -2.27. The van der Waals surface area contributed by atoms with Crippen LogP contribution in [0.1, 0.15) is 16.8 Å². The molecule has 1 aromatic rings. The third kappa shape index (κ3) is 2.41. The fourth-order valence-corrected chi connectivity index (χ4v) is 2.43. The summed E-state index contributed by atoms with van der Waals surface area (Å²) >= 11 is 0.